The molecule has 3 heterocycles. The SMILES string of the molecule is CSc1cc2c(N3CCC4(CC3)CC4)c(C#N)c(=O)[nH]c2cn1. The van der Waals surface area contributed by atoms with Crippen molar-refractivity contribution in [2.75, 3.05) is 24.2 Å². The molecule has 0 aromatic carbocycles. The zero-order valence-corrected chi connectivity index (χ0v) is 13.9. The van der Waals surface area contributed by atoms with Crippen LogP contribution in [-0.4, -0.2) is 29.3 Å². The van der Waals surface area contributed by atoms with Crippen LogP contribution in [0.5, 0.6) is 0 Å². The highest BCUT2D eigenvalue weighted by molar-refractivity contribution is 7.98. The van der Waals surface area contributed by atoms with E-state index in [1.54, 1.807) is 18.0 Å². The molecule has 0 radical (unpaired) electrons. The summed E-state index contributed by atoms with van der Waals surface area (Å²) >= 11 is 1.56. The lowest BCUT2D eigenvalue weighted by molar-refractivity contribution is 0.385. The number of pyridine rings is 2. The standard InChI is InChI=1S/C17H18N4OS/c1-23-14-8-11-13(10-19-14)20-16(22)12(9-18)15(11)21-6-4-17(2-3-17)5-7-21/h8,10H,2-7H2,1H3,(H,20,22). The molecule has 1 saturated carbocycles. The molecule has 5 nitrogen and oxygen atoms in total. The van der Waals surface area contributed by atoms with Gasteiger partial charge in [0.1, 0.15) is 11.6 Å². The Morgan fingerprint density at radius 1 is 1.35 bits per heavy atom. The summed E-state index contributed by atoms with van der Waals surface area (Å²) in [6.07, 6.45) is 8.66. The Morgan fingerprint density at radius 2 is 2.09 bits per heavy atom. The van der Waals surface area contributed by atoms with Crippen LogP contribution in [0.2, 0.25) is 0 Å². The van der Waals surface area contributed by atoms with E-state index in [0.29, 0.717) is 10.9 Å². The van der Waals surface area contributed by atoms with Gasteiger partial charge in [0, 0.05) is 18.5 Å². The molecule has 4 rings (SSSR count). The molecule has 0 bridgehead atoms. The van der Waals surface area contributed by atoms with Crippen LogP contribution in [0.4, 0.5) is 5.69 Å². The number of anilines is 1. The lowest BCUT2D eigenvalue weighted by Gasteiger charge is -2.34. The number of nitriles is 1. The van der Waals surface area contributed by atoms with Crippen LogP contribution in [0.25, 0.3) is 10.9 Å². The Kier molecular flexibility index (Phi) is 3.34. The molecule has 0 atom stereocenters. The van der Waals surface area contributed by atoms with Crippen LogP contribution in [0, 0.1) is 16.7 Å². The molecule has 0 amide bonds. The highest BCUT2D eigenvalue weighted by Gasteiger charge is 2.44. The minimum Gasteiger partial charge on any atom is -0.370 e. The minimum absolute atomic E-state index is 0.225. The Bertz CT molecular complexity index is 869. The van der Waals surface area contributed by atoms with Crippen molar-refractivity contribution >= 4 is 28.4 Å². The molecule has 2 aliphatic rings. The fraction of sp³-hybridized carbons (Fsp3) is 0.471. The van der Waals surface area contributed by atoms with Crippen molar-refractivity contribution in [2.45, 2.75) is 30.7 Å². The number of H-pyrrole nitrogens is 1. The quantitative estimate of drug-likeness (QED) is 0.859. The van der Waals surface area contributed by atoms with Gasteiger partial charge in [-0.1, -0.05) is 0 Å². The number of aromatic amines is 1. The molecule has 1 N–H and O–H groups in total. The van der Waals surface area contributed by atoms with Gasteiger partial charge in [-0.25, -0.2) is 4.98 Å². The first kappa shape index (κ1) is 14.6. The van der Waals surface area contributed by atoms with E-state index in [-0.39, 0.29) is 11.1 Å². The molecule has 118 valence electrons. The van der Waals surface area contributed by atoms with Gasteiger partial charge >= 0.3 is 0 Å². The summed E-state index contributed by atoms with van der Waals surface area (Å²) in [6.45, 7) is 1.84. The second-order valence-corrected chi connectivity index (χ2v) is 7.38. The Morgan fingerprint density at radius 3 is 2.70 bits per heavy atom. The third kappa shape index (κ3) is 2.40. The summed E-state index contributed by atoms with van der Waals surface area (Å²) in [7, 11) is 0. The van der Waals surface area contributed by atoms with E-state index in [1.165, 1.54) is 12.8 Å². The molecule has 1 saturated heterocycles. The molecule has 6 heteroatoms. The Balaban J connectivity index is 1.88. The number of aromatic nitrogens is 2. The normalized spacial score (nSPS) is 19.0. The van der Waals surface area contributed by atoms with Gasteiger partial charge in [-0.15, -0.1) is 11.8 Å². The lowest BCUT2D eigenvalue weighted by Crippen LogP contribution is -2.36. The molecule has 23 heavy (non-hydrogen) atoms. The Hall–Kier alpha value is -2.00. The predicted octanol–water partition coefficient (Wildman–Crippen LogP) is 2.90. The van der Waals surface area contributed by atoms with E-state index in [0.717, 1.165) is 42.0 Å². The van der Waals surface area contributed by atoms with Crippen molar-refractivity contribution < 1.29 is 0 Å². The van der Waals surface area contributed by atoms with Gasteiger partial charge in [-0.3, -0.25) is 4.79 Å². The average molecular weight is 326 g/mol. The van der Waals surface area contributed by atoms with Gasteiger partial charge in [0.05, 0.1) is 22.4 Å². The van der Waals surface area contributed by atoms with Crippen LogP contribution in [0.3, 0.4) is 0 Å². The van der Waals surface area contributed by atoms with Gasteiger partial charge in [0.25, 0.3) is 5.56 Å². The number of rotatable bonds is 2. The summed E-state index contributed by atoms with van der Waals surface area (Å²) < 4.78 is 0. The van der Waals surface area contributed by atoms with Gasteiger partial charge in [-0.05, 0) is 43.4 Å². The highest BCUT2D eigenvalue weighted by atomic mass is 32.2. The van der Waals surface area contributed by atoms with Crippen molar-refractivity contribution in [3.05, 3.63) is 28.2 Å². The number of piperidine rings is 1. The van der Waals surface area contributed by atoms with Gasteiger partial charge < -0.3 is 9.88 Å². The summed E-state index contributed by atoms with van der Waals surface area (Å²) in [5, 5.41) is 11.3. The van der Waals surface area contributed by atoms with E-state index >= 15 is 0 Å². The van der Waals surface area contributed by atoms with Crippen LogP contribution in [0.15, 0.2) is 22.1 Å². The number of hydrogen-bond donors (Lipinski definition) is 1. The fourth-order valence-corrected chi connectivity index (χ4v) is 3.98. The van der Waals surface area contributed by atoms with E-state index in [1.807, 2.05) is 12.3 Å². The third-order valence-corrected chi connectivity index (χ3v) is 5.91. The molecule has 1 spiro atoms. The van der Waals surface area contributed by atoms with E-state index in [2.05, 4.69) is 20.9 Å². The first-order valence-electron chi connectivity index (χ1n) is 7.91. The number of nitrogens with one attached hydrogen (secondary N) is 1. The maximum Gasteiger partial charge on any atom is 0.268 e. The van der Waals surface area contributed by atoms with Gasteiger partial charge in [0.2, 0.25) is 0 Å². The summed E-state index contributed by atoms with van der Waals surface area (Å²) in [6, 6.07) is 4.09. The molecular formula is C17H18N4OS. The number of hydrogen-bond acceptors (Lipinski definition) is 5. The monoisotopic (exact) mass is 326 g/mol. The summed E-state index contributed by atoms with van der Waals surface area (Å²) in [5.74, 6) is 0. The second-order valence-electron chi connectivity index (χ2n) is 6.55. The third-order valence-electron chi connectivity index (χ3n) is 5.26. The number of thioether (sulfide) groups is 1. The number of fused-ring (bicyclic) bond motifs is 1. The number of nitrogens with zero attached hydrogens (tertiary/aromatic N) is 3. The van der Waals surface area contributed by atoms with Crippen LogP contribution >= 0.6 is 11.8 Å². The zero-order chi connectivity index (χ0) is 16.0. The van der Waals surface area contributed by atoms with Crippen molar-refractivity contribution in [3.63, 3.8) is 0 Å². The average Bonchev–Trinajstić information content (AvgIpc) is 3.33. The van der Waals surface area contributed by atoms with Crippen molar-refractivity contribution in [3.8, 4) is 6.07 Å². The smallest absolute Gasteiger partial charge is 0.268 e. The minimum atomic E-state index is -0.319. The predicted molar refractivity (Wildman–Crippen MR) is 92.0 cm³/mol. The van der Waals surface area contributed by atoms with Crippen LogP contribution in [-0.2, 0) is 0 Å². The molecule has 2 fully saturated rings. The largest absolute Gasteiger partial charge is 0.370 e. The van der Waals surface area contributed by atoms with Crippen LogP contribution in [0.1, 0.15) is 31.2 Å². The Labute approximate surface area is 138 Å². The van der Waals surface area contributed by atoms with E-state index in [9.17, 15) is 10.1 Å². The first-order chi connectivity index (χ1) is 11.2. The van der Waals surface area contributed by atoms with Gasteiger partial charge in [0.15, 0.2) is 0 Å². The maximum atomic E-state index is 12.3. The van der Waals surface area contributed by atoms with E-state index < -0.39 is 0 Å². The molecule has 2 aromatic heterocycles. The van der Waals surface area contributed by atoms with Crippen molar-refractivity contribution in [1.82, 2.24) is 9.97 Å². The van der Waals surface area contributed by atoms with Crippen molar-refractivity contribution in [1.29, 1.82) is 5.26 Å². The van der Waals surface area contributed by atoms with Crippen LogP contribution < -0.4 is 10.5 Å². The molecule has 2 aromatic rings. The summed E-state index contributed by atoms with van der Waals surface area (Å²) in [5.41, 5.74) is 1.96. The zero-order valence-electron chi connectivity index (χ0n) is 13.1. The molecular weight excluding hydrogens is 308 g/mol. The highest BCUT2D eigenvalue weighted by Crippen LogP contribution is 2.54. The summed E-state index contributed by atoms with van der Waals surface area (Å²) in [4.78, 5) is 21.6. The first-order valence-corrected chi connectivity index (χ1v) is 9.13. The van der Waals surface area contributed by atoms with Crippen molar-refractivity contribution in [2.24, 2.45) is 5.41 Å². The maximum absolute atomic E-state index is 12.3. The molecule has 1 aliphatic heterocycles. The topological polar surface area (TPSA) is 72.8 Å². The molecule has 0 unspecified atom stereocenters. The van der Waals surface area contributed by atoms with E-state index in [4.69, 9.17) is 0 Å². The second kappa shape index (κ2) is 5.27. The fourth-order valence-electron chi connectivity index (χ4n) is 3.58. The molecule has 1 aliphatic carbocycles. The lowest BCUT2D eigenvalue weighted by atomic mass is 9.93. The van der Waals surface area contributed by atoms with Gasteiger partial charge in [-0.2, -0.15) is 5.26 Å².